The lowest BCUT2D eigenvalue weighted by Gasteiger charge is -2.34. The normalized spacial score (nSPS) is 18.6. The second kappa shape index (κ2) is 5.75. The molecule has 1 atom stereocenters. The van der Waals surface area contributed by atoms with Crippen LogP contribution in [0, 0.1) is 6.92 Å². The third-order valence-electron chi connectivity index (χ3n) is 4.26. The van der Waals surface area contributed by atoms with Crippen molar-refractivity contribution in [2.24, 2.45) is 0 Å². The predicted molar refractivity (Wildman–Crippen MR) is 82.1 cm³/mol. The fourth-order valence-corrected chi connectivity index (χ4v) is 3.21. The molecule has 0 aliphatic carbocycles. The average molecular weight is 252 g/mol. The number of nitrogens with zero attached hydrogens (tertiary/aromatic N) is 1. The Kier molecular flexibility index (Phi) is 3.84. The van der Waals surface area contributed by atoms with E-state index >= 15 is 0 Å². The third-order valence-corrected chi connectivity index (χ3v) is 4.26. The lowest BCUT2D eigenvalue weighted by molar-refractivity contribution is 0.164. The monoisotopic (exact) mass is 252 g/mol. The van der Waals surface area contributed by atoms with Crippen LogP contribution in [-0.4, -0.2) is 18.0 Å². The fourth-order valence-electron chi connectivity index (χ4n) is 3.21. The lowest BCUT2D eigenvalue weighted by Crippen LogP contribution is -2.33. The molecule has 0 bridgehead atoms. The van der Waals surface area contributed by atoms with Crippen LogP contribution in [0.15, 0.2) is 42.5 Å². The Bertz CT molecular complexity index is 540. The number of fused-ring (bicyclic) bond motifs is 1. The molecule has 1 heteroatoms. The van der Waals surface area contributed by atoms with Gasteiger partial charge in [-0.3, -0.25) is 4.90 Å². The van der Waals surface area contributed by atoms with E-state index in [9.17, 15) is 0 Å². The van der Waals surface area contributed by atoms with E-state index in [1.54, 1.807) is 0 Å². The van der Waals surface area contributed by atoms with E-state index in [0.717, 1.165) is 6.42 Å². The van der Waals surface area contributed by atoms with Crippen molar-refractivity contribution in [2.75, 3.05) is 13.1 Å². The molecule has 1 aliphatic heterocycles. The quantitative estimate of drug-likeness (QED) is 0.772. The number of piperidine rings is 1. The molecule has 1 nitrogen and oxygen atoms in total. The number of hydrogen-bond donors (Lipinski definition) is 0. The van der Waals surface area contributed by atoms with E-state index in [1.807, 2.05) is 0 Å². The maximum absolute atomic E-state index is 4.18. The van der Waals surface area contributed by atoms with Crippen molar-refractivity contribution in [1.82, 2.24) is 4.90 Å². The van der Waals surface area contributed by atoms with Crippen LogP contribution in [0.2, 0.25) is 0 Å². The van der Waals surface area contributed by atoms with Gasteiger partial charge < -0.3 is 0 Å². The first-order valence-electron chi connectivity index (χ1n) is 7.40. The van der Waals surface area contributed by atoms with Crippen molar-refractivity contribution >= 4 is 10.8 Å². The van der Waals surface area contributed by atoms with Crippen molar-refractivity contribution in [3.63, 3.8) is 0 Å². The van der Waals surface area contributed by atoms with Crippen LogP contribution in [0.1, 0.15) is 37.3 Å². The Balaban J connectivity index is 1.91. The van der Waals surface area contributed by atoms with Gasteiger partial charge in [0.05, 0.1) is 0 Å². The van der Waals surface area contributed by atoms with Gasteiger partial charge in [-0.05, 0) is 54.8 Å². The molecular formula is C18H22N. The average Bonchev–Trinajstić information content (AvgIpc) is 2.49. The highest BCUT2D eigenvalue weighted by Gasteiger charge is 2.20. The van der Waals surface area contributed by atoms with Crippen molar-refractivity contribution < 1.29 is 0 Å². The molecule has 1 radical (unpaired) electrons. The summed E-state index contributed by atoms with van der Waals surface area (Å²) in [5, 5.41) is 2.67. The Hall–Kier alpha value is -1.34. The largest absolute Gasteiger partial charge is 0.296 e. The standard InChI is InChI=1S/C18H22N/c1-2-18(19-12-6-3-7-13-19)17-11-10-15-8-4-5-9-16(15)14-17/h4-5,8-11,14,18H,1-3,6-7,12-13H2. The van der Waals surface area contributed by atoms with Gasteiger partial charge >= 0.3 is 0 Å². The predicted octanol–water partition coefficient (Wildman–Crippen LogP) is 4.59. The first kappa shape index (κ1) is 12.7. The van der Waals surface area contributed by atoms with Crippen LogP contribution in [0.3, 0.4) is 0 Å². The summed E-state index contributed by atoms with van der Waals surface area (Å²) < 4.78 is 0. The summed E-state index contributed by atoms with van der Waals surface area (Å²) >= 11 is 0. The molecular weight excluding hydrogens is 230 g/mol. The maximum atomic E-state index is 4.18. The van der Waals surface area contributed by atoms with Gasteiger partial charge in [-0.2, -0.15) is 0 Å². The van der Waals surface area contributed by atoms with Gasteiger partial charge in [-0.15, -0.1) is 0 Å². The zero-order valence-electron chi connectivity index (χ0n) is 11.5. The van der Waals surface area contributed by atoms with Gasteiger partial charge in [0, 0.05) is 6.04 Å². The third kappa shape index (κ3) is 2.66. The van der Waals surface area contributed by atoms with Crippen LogP contribution in [0.5, 0.6) is 0 Å². The van der Waals surface area contributed by atoms with Crippen molar-refractivity contribution in [3.05, 3.63) is 55.0 Å². The molecule has 0 amide bonds. The zero-order chi connectivity index (χ0) is 13.1. The molecule has 1 unspecified atom stereocenters. The summed E-state index contributed by atoms with van der Waals surface area (Å²) in [7, 11) is 0. The molecule has 3 rings (SSSR count). The zero-order valence-corrected chi connectivity index (χ0v) is 11.5. The first-order valence-corrected chi connectivity index (χ1v) is 7.40. The number of likely N-dealkylation sites (tertiary alicyclic amines) is 1. The summed E-state index contributed by atoms with van der Waals surface area (Å²) in [4.78, 5) is 2.61. The summed E-state index contributed by atoms with van der Waals surface area (Å²) in [6.07, 6.45) is 5.02. The lowest BCUT2D eigenvalue weighted by atomic mass is 9.97. The van der Waals surface area contributed by atoms with Crippen LogP contribution < -0.4 is 0 Å². The molecule has 1 heterocycles. The highest BCUT2D eigenvalue weighted by molar-refractivity contribution is 5.83. The SMILES string of the molecule is [CH2]CC(c1ccc2ccccc2c1)N1CCCCC1. The minimum atomic E-state index is 0.491. The van der Waals surface area contributed by atoms with Gasteiger partial charge in [0.1, 0.15) is 0 Å². The van der Waals surface area contributed by atoms with E-state index < -0.39 is 0 Å². The molecule has 1 saturated heterocycles. The van der Waals surface area contributed by atoms with Gasteiger partial charge in [0.2, 0.25) is 0 Å². The van der Waals surface area contributed by atoms with Gasteiger partial charge in [-0.25, -0.2) is 0 Å². The Morgan fingerprint density at radius 3 is 2.42 bits per heavy atom. The Morgan fingerprint density at radius 2 is 1.68 bits per heavy atom. The van der Waals surface area contributed by atoms with E-state index in [1.165, 1.54) is 48.7 Å². The van der Waals surface area contributed by atoms with Crippen molar-refractivity contribution in [1.29, 1.82) is 0 Å². The van der Waals surface area contributed by atoms with Gasteiger partial charge in [-0.1, -0.05) is 49.7 Å². The highest BCUT2D eigenvalue weighted by atomic mass is 15.2. The minimum absolute atomic E-state index is 0.491. The van der Waals surface area contributed by atoms with E-state index in [0.29, 0.717) is 6.04 Å². The van der Waals surface area contributed by atoms with Crippen LogP contribution in [-0.2, 0) is 0 Å². The topological polar surface area (TPSA) is 3.24 Å². The van der Waals surface area contributed by atoms with Crippen LogP contribution >= 0.6 is 0 Å². The minimum Gasteiger partial charge on any atom is -0.296 e. The summed E-state index contributed by atoms with van der Waals surface area (Å²) in [6.45, 7) is 6.63. The van der Waals surface area contributed by atoms with Gasteiger partial charge in [0.15, 0.2) is 0 Å². The smallest absolute Gasteiger partial charge is 0.0348 e. The maximum Gasteiger partial charge on any atom is 0.0348 e. The number of benzene rings is 2. The Morgan fingerprint density at radius 1 is 0.947 bits per heavy atom. The second-order valence-corrected chi connectivity index (χ2v) is 5.51. The molecule has 19 heavy (non-hydrogen) atoms. The molecule has 0 spiro atoms. The summed E-state index contributed by atoms with van der Waals surface area (Å²) in [6, 6.07) is 16.0. The molecule has 2 aromatic rings. The number of hydrogen-bond acceptors (Lipinski definition) is 1. The molecule has 0 aromatic heterocycles. The Labute approximate surface area is 116 Å². The second-order valence-electron chi connectivity index (χ2n) is 5.51. The molecule has 1 aliphatic rings. The molecule has 1 fully saturated rings. The van der Waals surface area contributed by atoms with Crippen molar-refractivity contribution in [3.8, 4) is 0 Å². The van der Waals surface area contributed by atoms with Gasteiger partial charge in [0.25, 0.3) is 0 Å². The number of rotatable bonds is 3. The fraction of sp³-hybridized carbons (Fsp3) is 0.389. The van der Waals surface area contributed by atoms with Crippen LogP contribution in [0.4, 0.5) is 0 Å². The molecule has 99 valence electrons. The first-order chi connectivity index (χ1) is 9.38. The van der Waals surface area contributed by atoms with Crippen molar-refractivity contribution in [2.45, 2.75) is 31.7 Å². The summed E-state index contributed by atoms with van der Waals surface area (Å²) in [5.74, 6) is 0. The van der Waals surface area contributed by atoms with Crippen LogP contribution in [0.25, 0.3) is 10.8 Å². The molecule has 2 aromatic carbocycles. The highest BCUT2D eigenvalue weighted by Crippen LogP contribution is 2.29. The molecule has 0 saturated carbocycles. The molecule has 0 N–H and O–H groups in total. The summed E-state index contributed by atoms with van der Waals surface area (Å²) in [5.41, 5.74) is 1.43. The van der Waals surface area contributed by atoms with E-state index in [4.69, 9.17) is 0 Å². The van der Waals surface area contributed by atoms with E-state index in [2.05, 4.69) is 54.3 Å². The van der Waals surface area contributed by atoms with E-state index in [-0.39, 0.29) is 0 Å².